The highest BCUT2D eigenvalue weighted by Gasteiger charge is 2.24. The third-order valence-corrected chi connectivity index (χ3v) is 3.82. The normalized spacial score (nSPS) is 16.7. The van der Waals surface area contributed by atoms with Crippen LogP contribution in [0.3, 0.4) is 0 Å². The van der Waals surface area contributed by atoms with E-state index >= 15 is 0 Å². The van der Waals surface area contributed by atoms with Crippen LogP contribution in [0, 0.1) is 5.82 Å². The lowest BCUT2D eigenvalue weighted by atomic mass is 10.0. The molecule has 0 saturated carbocycles. The Bertz CT molecular complexity index is 590. The first-order chi connectivity index (χ1) is 11.2. The summed E-state index contributed by atoms with van der Waals surface area (Å²) in [7, 11) is 0. The number of hydrogen-bond donors (Lipinski definition) is 1. The summed E-state index contributed by atoms with van der Waals surface area (Å²) in [6.07, 6.45) is 1.11. The molecule has 2 rings (SSSR count). The van der Waals surface area contributed by atoms with Crippen molar-refractivity contribution in [2.24, 2.45) is 0 Å². The van der Waals surface area contributed by atoms with Gasteiger partial charge in [-0.2, -0.15) is 0 Å². The first-order valence-electron chi connectivity index (χ1n) is 8.23. The largest absolute Gasteiger partial charge is 0.444 e. The molecule has 1 heterocycles. The van der Waals surface area contributed by atoms with Crippen molar-refractivity contribution in [3.05, 3.63) is 35.6 Å². The minimum absolute atomic E-state index is 0.0559. The molecule has 1 aromatic carbocycles. The van der Waals surface area contributed by atoms with Crippen LogP contribution >= 0.6 is 0 Å². The van der Waals surface area contributed by atoms with Crippen LogP contribution < -0.4 is 5.32 Å². The quantitative estimate of drug-likeness (QED) is 0.859. The number of nitrogens with one attached hydrogen (secondary N) is 1. The number of Topliss-reactive ketones (excluding diaryl/α,β-unsaturated/α-hetero) is 1. The zero-order valence-electron chi connectivity index (χ0n) is 14.5. The summed E-state index contributed by atoms with van der Waals surface area (Å²) in [6.45, 7) is 7.17. The number of ketones is 1. The molecular formula is C18H25FN2O3. The fourth-order valence-electron chi connectivity index (χ4n) is 2.67. The Balaban J connectivity index is 1.76. The second-order valence-electron chi connectivity index (χ2n) is 7.13. The van der Waals surface area contributed by atoms with Gasteiger partial charge in [-0.15, -0.1) is 0 Å². The van der Waals surface area contributed by atoms with Crippen molar-refractivity contribution in [2.45, 2.75) is 45.3 Å². The second kappa shape index (κ2) is 7.75. The molecule has 0 aromatic heterocycles. The molecule has 1 aliphatic heterocycles. The van der Waals surface area contributed by atoms with Crippen LogP contribution in [0.5, 0.6) is 0 Å². The van der Waals surface area contributed by atoms with Crippen molar-refractivity contribution in [3.8, 4) is 0 Å². The summed E-state index contributed by atoms with van der Waals surface area (Å²) in [5.41, 5.74) is -0.119. The molecule has 24 heavy (non-hydrogen) atoms. The van der Waals surface area contributed by atoms with Gasteiger partial charge in [0.05, 0.1) is 6.54 Å². The molecule has 1 amide bonds. The van der Waals surface area contributed by atoms with Gasteiger partial charge in [-0.3, -0.25) is 9.69 Å². The van der Waals surface area contributed by atoms with Gasteiger partial charge in [0.25, 0.3) is 0 Å². The SMILES string of the molecule is CC(C)(C)OC(=O)NC1CCN(CC(=O)c2cccc(F)c2)CC1. The number of likely N-dealkylation sites (tertiary alicyclic amines) is 1. The fourth-order valence-corrected chi connectivity index (χ4v) is 2.67. The number of ether oxygens (including phenoxy) is 1. The van der Waals surface area contributed by atoms with Gasteiger partial charge in [-0.25, -0.2) is 9.18 Å². The van der Waals surface area contributed by atoms with Crippen LogP contribution in [0.25, 0.3) is 0 Å². The maximum Gasteiger partial charge on any atom is 0.407 e. The zero-order chi connectivity index (χ0) is 17.7. The number of rotatable bonds is 4. The van der Waals surface area contributed by atoms with Gasteiger partial charge in [-0.1, -0.05) is 12.1 Å². The number of amides is 1. The topological polar surface area (TPSA) is 58.6 Å². The van der Waals surface area contributed by atoms with Crippen molar-refractivity contribution in [1.82, 2.24) is 10.2 Å². The van der Waals surface area contributed by atoms with Gasteiger partial charge in [-0.05, 0) is 45.7 Å². The predicted octanol–water partition coefficient (Wildman–Crippen LogP) is 3.00. The molecular weight excluding hydrogens is 311 g/mol. The maximum absolute atomic E-state index is 13.2. The van der Waals surface area contributed by atoms with Crippen LogP contribution in [0.15, 0.2) is 24.3 Å². The molecule has 1 aliphatic rings. The molecule has 6 heteroatoms. The highest BCUT2D eigenvalue weighted by atomic mass is 19.1. The monoisotopic (exact) mass is 336 g/mol. The minimum atomic E-state index is -0.512. The maximum atomic E-state index is 13.2. The average molecular weight is 336 g/mol. The first-order valence-corrected chi connectivity index (χ1v) is 8.23. The minimum Gasteiger partial charge on any atom is -0.444 e. The molecule has 0 spiro atoms. The summed E-state index contributed by atoms with van der Waals surface area (Å²) < 4.78 is 18.4. The molecule has 0 aliphatic carbocycles. The summed E-state index contributed by atoms with van der Waals surface area (Å²) in [5.74, 6) is -0.492. The number of piperidine rings is 1. The lowest BCUT2D eigenvalue weighted by Gasteiger charge is -2.32. The molecule has 0 atom stereocenters. The van der Waals surface area contributed by atoms with E-state index < -0.39 is 17.5 Å². The van der Waals surface area contributed by atoms with E-state index in [0.29, 0.717) is 18.7 Å². The Morgan fingerprint density at radius 2 is 1.96 bits per heavy atom. The van der Waals surface area contributed by atoms with Gasteiger partial charge >= 0.3 is 6.09 Å². The predicted molar refractivity (Wildman–Crippen MR) is 89.6 cm³/mol. The van der Waals surface area contributed by atoms with E-state index in [-0.39, 0.29) is 18.4 Å². The lowest BCUT2D eigenvalue weighted by Crippen LogP contribution is -2.47. The van der Waals surface area contributed by atoms with Gasteiger partial charge in [0.2, 0.25) is 0 Å². The molecule has 0 unspecified atom stereocenters. The van der Waals surface area contributed by atoms with Crippen molar-refractivity contribution >= 4 is 11.9 Å². The van der Waals surface area contributed by atoms with Crippen molar-refractivity contribution in [2.75, 3.05) is 19.6 Å². The Morgan fingerprint density at radius 1 is 1.29 bits per heavy atom. The van der Waals surface area contributed by atoms with Gasteiger partial charge in [0.1, 0.15) is 11.4 Å². The number of carbonyl (C=O) groups is 2. The van der Waals surface area contributed by atoms with Gasteiger partial charge in [0, 0.05) is 24.7 Å². The van der Waals surface area contributed by atoms with Crippen LogP contribution in [0.1, 0.15) is 44.0 Å². The van der Waals surface area contributed by atoms with Gasteiger partial charge < -0.3 is 10.1 Å². The Hall–Kier alpha value is -1.95. The van der Waals surface area contributed by atoms with Crippen molar-refractivity contribution in [1.29, 1.82) is 0 Å². The molecule has 5 nitrogen and oxygen atoms in total. The highest BCUT2D eigenvalue weighted by molar-refractivity contribution is 5.97. The van der Waals surface area contributed by atoms with E-state index in [0.717, 1.165) is 12.8 Å². The van der Waals surface area contributed by atoms with E-state index in [9.17, 15) is 14.0 Å². The number of carbonyl (C=O) groups excluding carboxylic acids is 2. The molecule has 0 radical (unpaired) electrons. The van der Waals surface area contributed by atoms with Gasteiger partial charge in [0.15, 0.2) is 5.78 Å². The van der Waals surface area contributed by atoms with Crippen LogP contribution in [-0.2, 0) is 4.74 Å². The van der Waals surface area contributed by atoms with E-state index in [1.165, 1.54) is 12.1 Å². The fraction of sp³-hybridized carbons (Fsp3) is 0.556. The molecule has 132 valence electrons. The zero-order valence-corrected chi connectivity index (χ0v) is 14.5. The van der Waals surface area contributed by atoms with E-state index in [4.69, 9.17) is 4.74 Å². The molecule has 0 bridgehead atoms. The van der Waals surface area contributed by atoms with Crippen molar-refractivity contribution < 1.29 is 18.7 Å². The van der Waals surface area contributed by atoms with Crippen LogP contribution in [0.2, 0.25) is 0 Å². The summed E-state index contributed by atoms with van der Waals surface area (Å²) in [4.78, 5) is 26.0. The molecule has 1 aromatic rings. The third kappa shape index (κ3) is 5.92. The first kappa shape index (κ1) is 18.4. The number of benzene rings is 1. The summed E-state index contributed by atoms with van der Waals surface area (Å²) in [5, 5.41) is 2.87. The van der Waals surface area contributed by atoms with E-state index in [1.54, 1.807) is 12.1 Å². The summed E-state index contributed by atoms with van der Waals surface area (Å²) in [6, 6.07) is 5.81. The smallest absolute Gasteiger partial charge is 0.407 e. The second-order valence-corrected chi connectivity index (χ2v) is 7.13. The molecule has 1 saturated heterocycles. The highest BCUT2D eigenvalue weighted by Crippen LogP contribution is 2.14. The Labute approximate surface area is 142 Å². The number of alkyl carbamates (subject to hydrolysis) is 1. The third-order valence-electron chi connectivity index (χ3n) is 3.82. The number of hydrogen-bond acceptors (Lipinski definition) is 4. The average Bonchev–Trinajstić information content (AvgIpc) is 2.47. The number of halogens is 1. The van der Waals surface area contributed by atoms with Crippen molar-refractivity contribution in [3.63, 3.8) is 0 Å². The van der Waals surface area contributed by atoms with E-state index in [1.807, 2.05) is 25.7 Å². The Kier molecular flexibility index (Phi) is 5.94. The summed E-state index contributed by atoms with van der Waals surface area (Å²) >= 11 is 0. The number of nitrogens with zero attached hydrogens (tertiary/aromatic N) is 1. The van der Waals surface area contributed by atoms with Crippen LogP contribution in [-0.4, -0.2) is 48.1 Å². The lowest BCUT2D eigenvalue weighted by molar-refractivity contribution is 0.0476. The Morgan fingerprint density at radius 3 is 2.54 bits per heavy atom. The molecule has 1 fully saturated rings. The standard InChI is InChI=1S/C18H25FN2O3/c1-18(2,3)24-17(23)20-15-7-9-21(10-8-15)12-16(22)13-5-4-6-14(19)11-13/h4-6,11,15H,7-10,12H2,1-3H3,(H,20,23). The molecule has 1 N–H and O–H groups in total. The van der Waals surface area contributed by atoms with Crippen LogP contribution in [0.4, 0.5) is 9.18 Å². The van der Waals surface area contributed by atoms with E-state index in [2.05, 4.69) is 5.32 Å².